The van der Waals surface area contributed by atoms with Gasteiger partial charge < -0.3 is 0 Å². The predicted molar refractivity (Wildman–Crippen MR) is 66.7 cm³/mol. The summed E-state index contributed by atoms with van der Waals surface area (Å²) in [6.45, 7) is 4.53. The molecule has 0 unspecified atom stereocenters. The van der Waals surface area contributed by atoms with E-state index >= 15 is 0 Å². The van der Waals surface area contributed by atoms with Crippen molar-refractivity contribution in [3.63, 3.8) is 0 Å². The van der Waals surface area contributed by atoms with Crippen molar-refractivity contribution in [2.24, 2.45) is 0 Å². The summed E-state index contributed by atoms with van der Waals surface area (Å²) in [4.78, 5) is 0. The highest BCUT2D eigenvalue weighted by atomic mass is 13.9. The molecule has 0 bridgehead atoms. The van der Waals surface area contributed by atoms with Gasteiger partial charge in [0.05, 0.1) is 0 Å². The summed E-state index contributed by atoms with van der Waals surface area (Å²) in [7, 11) is 0. The summed E-state index contributed by atoms with van der Waals surface area (Å²) < 4.78 is 0. The largest absolute Gasteiger partial charge is 0.0885 e. The first-order chi connectivity index (χ1) is 6.91. The first-order valence-corrected chi connectivity index (χ1v) is 6.56. The van der Waals surface area contributed by atoms with Crippen molar-refractivity contribution in [1.82, 2.24) is 0 Å². The van der Waals surface area contributed by atoms with Gasteiger partial charge in [0.15, 0.2) is 0 Å². The minimum Gasteiger partial charge on any atom is -0.0885 e. The maximum Gasteiger partial charge on any atom is -0.0351 e. The van der Waals surface area contributed by atoms with Crippen molar-refractivity contribution in [2.45, 2.75) is 78.1 Å². The molecular weight excluding hydrogens is 168 g/mol. The fourth-order valence-corrected chi connectivity index (χ4v) is 1.60. The molecule has 0 aliphatic rings. The van der Waals surface area contributed by atoms with E-state index in [1.165, 1.54) is 64.2 Å². The normalized spacial score (nSPS) is 11.3. The Kier molecular flexibility index (Phi) is 12.5. The quantitative estimate of drug-likeness (QED) is 0.320. The van der Waals surface area contributed by atoms with Crippen LogP contribution in [0.25, 0.3) is 0 Å². The molecule has 0 aromatic carbocycles. The van der Waals surface area contributed by atoms with E-state index in [2.05, 4.69) is 26.0 Å². The van der Waals surface area contributed by atoms with Gasteiger partial charge in [-0.25, -0.2) is 0 Å². The molecule has 0 radical (unpaired) electrons. The van der Waals surface area contributed by atoms with Gasteiger partial charge in [-0.1, -0.05) is 70.9 Å². The first kappa shape index (κ1) is 13.7. The Morgan fingerprint density at radius 3 is 1.71 bits per heavy atom. The monoisotopic (exact) mass is 196 g/mol. The van der Waals surface area contributed by atoms with Crippen molar-refractivity contribution in [3.8, 4) is 0 Å². The molecule has 0 aromatic heterocycles. The zero-order chi connectivity index (χ0) is 10.5. The molecule has 0 heterocycles. The van der Waals surface area contributed by atoms with Crippen molar-refractivity contribution in [3.05, 3.63) is 12.2 Å². The Balaban J connectivity index is 2.94. The van der Waals surface area contributed by atoms with Crippen molar-refractivity contribution >= 4 is 0 Å². The van der Waals surface area contributed by atoms with E-state index in [0.29, 0.717) is 0 Å². The molecule has 0 aliphatic carbocycles. The third kappa shape index (κ3) is 11.7. The van der Waals surface area contributed by atoms with Crippen molar-refractivity contribution in [2.75, 3.05) is 0 Å². The van der Waals surface area contributed by atoms with E-state index in [1.54, 1.807) is 0 Å². The van der Waals surface area contributed by atoms with Crippen LogP contribution in [-0.2, 0) is 0 Å². The van der Waals surface area contributed by atoms with Crippen LogP contribution < -0.4 is 0 Å². The second-order valence-corrected chi connectivity index (χ2v) is 4.17. The molecule has 0 aliphatic heterocycles. The van der Waals surface area contributed by atoms with Gasteiger partial charge in [0.2, 0.25) is 0 Å². The second kappa shape index (κ2) is 12.7. The third-order valence-corrected chi connectivity index (χ3v) is 2.62. The first-order valence-electron chi connectivity index (χ1n) is 6.56. The lowest BCUT2D eigenvalue weighted by atomic mass is 10.1. The molecule has 0 spiro atoms. The molecule has 0 saturated heterocycles. The lowest BCUT2D eigenvalue weighted by molar-refractivity contribution is 0.611. The SMILES string of the molecule is CCCCC=CCCCCCCCC. The van der Waals surface area contributed by atoms with Crippen LogP contribution >= 0.6 is 0 Å². The number of hydrogen-bond donors (Lipinski definition) is 0. The fourth-order valence-electron chi connectivity index (χ4n) is 1.60. The van der Waals surface area contributed by atoms with Gasteiger partial charge in [0.25, 0.3) is 0 Å². The number of allylic oxidation sites excluding steroid dienone is 2. The Bertz CT molecular complexity index is 113. The van der Waals surface area contributed by atoms with E-state index in [1.807, 2.05) is 0 Å². The average molecular weight is 196 g/mol. The van der Waals surface area contributed by atoms with Crippen LogP contribution in [0.3, 0.4) is 0 Å². The Morgan fingerprint density at radius 2 is 1.07 bits per heavy atom. The third-order valence-electron chi connectivity index (χ3n) is 2.62. The number of unbranched alkanes of at least 4 members (excludes halogenated alkanes) is 8. The average Bonchev–Trinajstić information content (AvgIpc) is 2.21. The Labute approximate surface area is 90.8 Å². The fraction of sp³-hybridized carbons (Fsp3) is 0.857. The van der Waals surface area contributed by atoms with Gasteiger partial charge in [-0.3, -0.25) is 0 Å². The minimum absolute atomic E-state index is 1.28. The van der Waals surface area contributed by atoms with E-state index in [4.69, 9.17) is 0 Å². The summed E-state index contributed by atoms with van der Waals surface area (Å²) in [5.74, 6) is 0. The van der Waals surface area contributed by atoms with Gasteiger partial charge in [0.1, 0.15) is 0 Å². The molecule has 0 fully saturated rings. The van der Waals surface area contributed by atoms with Gasteiger partial charge >= 0.3 is 0 Å². The van der Waals surface area contributed by atoms with Crippen molar-refractivity contribution in [1.29, 1.82) is 0 Å². The lowest BCUT2D eigenvalue weighted by Gasteiger charge is -1.97. The Morgan fingerprint density at radius 1 is 0.571 bits per heavy atom. The van der Waals surface area contributed by atoms with Crippen LogP contribution in [0.15, 0.2) is 12.2 Å². The summed E-state index contributed by atoms with van der Waals surface area (Å²) in [5.41, 5.74) is 0. The van der Waals surface area contributed by atoms with Crippen LogP contribution in [0.2, 0.25) is 0 Å². The highest BCUT2D eigenvalue weighted by molar-refractivity contribution is 4.80. The minimum atomic E-state index is 1.28. The van der Waals surface area contributed by atoms with Crippen LogP contribution in [0, 0.1) is 0 Å². The summed E-state index contributed by atoms with van der Waals surface area (Å²) in [6, 6.07) is 0. The van der Waals surface area contributed by atoms with E-state index in [-0.39, 0.29) is 0 Å². The molecule has 0 amide bonds. The van der Waals surface area contributed by atoms with Crippen molar-refractivity contribution < 1.29 is 0 Å². The maximum atomic E-state index is 2.37. The number of hydrogen-bond acceptors (Lipinski definition) is 0. The zero-order valence-corrected chi connectivity index (χ0v) is 10.2. The molecule has 14 heavy (non-hydrogen) atoms. The smallest absolute Gasteiger partial charge is 0.0351 e. The van der Waals surface area contributed by atoms with Crippen LogP contribution in [-0.4, -0.2) is 0 Å². The maximum absolute atomic E-state index is 2.37. The Hall–Kier alpha value is -0.260. The topological polar surface area (TPSA) is 0 Å². The van der Waals surface area contributed by atoms with Crippen LogP contribution in [0.1, 0.15) is 78.1 Å². The molecule has 0 rings (SSSR count). The van der Waals surface area contributed by atoms with Crippen LogP contribution in [0.4, 0.5) is 0 Å². The summed E-state index contributed by atoms with van der Waals surface area (Å²) in [5, 5.41) is 0. The van der Waals surface area contributed by atoms with Gasteiger partial charge in [-0.05, 0) is 19.3 Å². The summed E-state index contributed by atoms with van der Waals surface area (Å²) >= 11 is 0. The molecule has 0 saturated carbocycles. The molecule has 0 nitrogen and oxygen atoms in total. The summed E-state index contributed by atoms with van der Waals surface area (Å²) in [6.07, 6.45) is 18.5. The molecular formula is C14H28. The van der Waals surface area contributed by atoms with Gasteiger partial charge in [-0.2, -0.15) is 0 Å². The highest BCUT2D eigenvalue weighted by Crippen LogP contribution is 2.07. The number of rotatable bonds is 10. The molecule has 0 N–H and O–H groups in total. The lowest BCUT2D eigenvalue weighted by Crippen LogP contribution is -1.77. The zero-order valence-electron chi connectivity index (χ0n) is 10.2. The van der Waals surface area contributed by atoms with Crippen LogP contribution in [0.5, 0.6) is 0 Å². The highest BCUT2D eigenvalue weighted by Gasteiger charge is 1.87. The van der Waals surface area contributed by atoms with Gasteiger partial charge in [-0.15, -0.1) is 0 Å². The van der Waals surface area contributed by atoms with Gasteiger partial charge in [0, 0.05) is 0 Å². The van der Waals surface area contributed by atoms with E-state index in [9.17, 15) is 0 Å². The second-order valence-electron chi connectivity index (χ2n) is 4.17. The standard InChI is InChI=1S/C14H28/c1-3-5-7-9-11-13-14-12-10-8-6-4-2/h9,11H,3-8,10,12-14H2,1-2H3. The van der Waals surface area contributed by atoms with E-state index in [0.717, 1.165) is 0 Å². The predicted octanol–water partition coefficient (Wildman–Crippen LogP) is 5.48. The molecule has 0 aromatic rings. The molecule has 0 heteroatoms. The molecule has 0 atom stereocenters. The molecule has 84 valence electrons. The van der Waals surface area contributed by atoms with E-state index < -0.39 is 0 Å².